The Morgan fingerprint density at radius 3 is 2.43 bits per heavy atom. The Morgan fingerprint density at radius 1 is 1.09 bits per heavy atom. The molecule has 3 aromatic rings. The minimum absolute atomic E-state index is 0.461. The number of aromatic nitrogens is 2. The molecule has 0 fully saturated rings. The van der Waals surface area contributed by atoms with E-state index >= 15 is 0 Å². The van der Waals surface area contributed by atoms with Crippen molar-refractivity contribution in [3.8, 4) is 0 Å². The molecule has 0 amide bonds. The number of hydrogen-bond donors (Lipinski definition) is 2. The summed E-state index contributed by atoms with van der Waals surface area (Å²) in [5.74, 6) is 0. The average molecular weight is 324 g/mol. The predicted octanol–water partition coefficient (Wildman–Crippen LogP) is 4.77. The van der Waals surface area contributed by atoms with E-state index in [0.29, 0.717) is 10.8 Å². The number of nitrogen functional groups attached to an aromatic ring is 1. The van der Waals surface area contributed by atoms with Gasteiger partial charge in [-0.25, -0.2) is 9.97 Å². The molecule has 0 unspecified atom stereocenters. The Balaban J connectivity index is 0.000000924. The smallest absolute Gasteiger partial charge is 0.182 e. The fraction of sp³-hybridized carbons (Fsp3) is 0.167. The largest absolute Gasteiger partial charge is 0.375 e. The number of nitrogens with one attached hydrogen (secondary N) is 1. The molecule has 0 aliphatic carbocycles. The quantitative estimate of drug-likeness (QED) is 0.681. The lowest BCUT2D eigenvalue weighted by Crippen LogP contribution is -2.04. The number of nitrogens with zero attached hydrogens (tertiary/aromatic N) is 2. The molecule has 4 nitrogen and oxygen atoms in total. The van der Waals surface area contributed by atoms with E-state index in [4.69, 9.17) is 11.1 Å². The minimum Gasteiger partial charge on any atom is -0.375 e. The van der Waals surface area contributed by atoms with Gasteiger partial charge < -0.3 is 5.73 Å². The van der Waals surface area contributed by atoms with E-state index in [1.807, 2.05) is 69.3 Å². The fourth-order valence-corrected chi connectivity index (χ4v) is 2.87. The van der Waals surface area contributed by atoms with Gasteiger partial charge >= 0.3 is 0 Å². The molecule has 2 heterocycles. The van der Waals surface area contributed by atoms with Gasteiger partial charge in [0, 0.05) is 11.1 Å². The molecule has 1 aromatic carbocycles. The monoisotopic (exact) mass is 324 g/mol. The SMILES string of the molecule is C/C=C(\C(=N)c1ccccc1)c1ccc2nc(N)sc2n1.CC. The highest BCUT2D eigenvalue weighted by atomic mass is 32.1. The summed E-state index contributed by atoms with van der Waals surface area (Å²) in [7, 11) is 0. The van der Waals surface area contributed by atoms with Crippen LogP contribution in [0.5, 0.6) is 0 Å². The van der Waals surface area contributed by atoms with Gasteiger partial charge in [0.1, 0.15) is 10.3 Å². The van der Waals surface area contributed by atoms with Crippen LogP contribution in [0.1, 0.15) is 32.0 Å². The maximum Gasteiger partial charge on any atom is 0.182 e. The van der Waals surface area contributed by atoms with E-state index in [2.05, 4.69) is 9.97 Å². The molecule has 0 aliphatic rings. The second-order valence-corrected chi connectivity index (χ2v) is 5.53. The summed E-state index contributed by atoms with van der Waals surface area (Å²) in [5.41, 5.74) is 9.40. The topological polar surface area (TPSA) is 75.7 Å². The number of allylic oxidation sites excluding steroid dienone is 2. The zero-order valence-corrected chi connectivity index (χ0v) is 14.3. The van der Waals surface area contributed by atoms with Crippen molar-refractivity contribution in [2.24, 2.45) is 0 Å². The molecule has 118 valence electrons. The maximum absolute atomic E-state index is 8.39. The molecule has 0 atom stereocenters. The molecular weight excluding hydrogens is 304 g/mol. The number of pyridine rings is 1. The Kier molecular flexibility index (Phi) is 5.60. The first-order valence-electron chi connectivity index (χ1n) is 7.53. The molecule has 0 radical (unpaired) electrons. The molecule has 0 bridgehead atoms. The van der Waals surface area contributed by atoms with E-state index in [-0.39, 0.29) is 0 Å². The van der Waals surface area contributed by atoms with Crippen molar-refractivity contribution in [1.29, 1.82) is 5.41 Å². The lowest BCUT2D eigenvalue weighted by molar-refractivity contribution is 1.35. The predicted molar refractivity (Wildman–Crippen MR) is 100 cm³/mol. The van der Waals surface area contributed by atoms with Crippen LogP contribution in [-0.4, -0.2) is 15.7 Å². The summed E-state index contributed by atoms with van der Waals surface area (Å²) in [6, 6.07) is 13.4. The zero-order chi connectivity index (χ0) is 16.8. The van der Waals surface area contributed by atoms with Crippen LogP contribution in [0, 0.1) is 5.41 Å². The van der Waals surface area contributed by atoms with Crippen molar-refractivity contribution in [3.63, 3.8) is 0 Å². The molecule has 0 saturated heterocycles. The number of thiazole rings is 1. The Labute approximate surface area is 140 Å². The highest BCUT2D eigenvalue weighted by Crippen LogP contribution is 2.25. The number of fused-ring (bicyclic) bond motifs is 1. The van der Waals surface area contributed by atoms with Crippen LogP contribution in [0.4, 0.5) is 5.13 Å². The van der Waals surface area contributed by atoms with Crippen LogP contribution < -0.4 is 5.73 Å². The summed E-state index contributed by atoms with van der Waals surface area (Å²) in [5, 5.41) is 8.90. The summed E-state index contributed by atoms with van der Waals surface area (Å²) >= 11 is 1.36. The number of nitrogens with two attached hydrogens (primary N) is 1. The molecule has 0 saturated carbocycles. The maximum atomic E-state index is 8.39. The van der Waals surface area contributed by atoms with Gasteiger partial charge in [-0.1, -0.05) is 61.6 Å². The number of benzene rings is 1. The number of hydrogen-bond acceptors (Lipinski definition) is 5. The van der Waals surface area contributed by atoms with Crippen LogP contribution in [-0.2, 0) is 0 Å². The van der Waals surface area contributed by atoms with E-state index in [1.54, 1.807) is 0 Å². The second-order valence-electron chi connectivity index (χ2n) is 4.52. The molecule has 3 rings (SSSR count). The van der Waals surface area contributed by atoms with Crippen molar-refractivity contribution in [2.75, 3.05) is 5.73 Å². The van der Waals surface area contributed by atoms with E-state index in [9.17, 15) is 0 Å². The first-order chi connectivity index (χ1) is 11.2. The van der Waals surface area contributed by atoms with E-state index in [1.165, 1.54) is 11.3 Å². The summed E-state index contributed by atoms with van der Waals surface area (Å²) in [4.78, 5) is 9.58. The van der Waals surface area contributed by atoms with E-state index < -0.39 is 0 Å². The lowest BCUT2D eigenvalue weighted by Gasteiger charge is -2.08. The number of rotatable bonds is 3. The summed E-state index contributed by atoms with van der Waals surface area (Å²) < 4.78 is 0. The Hall–Kier alpha value is -2.53. The molecule has 23 heavy (non-hydrogen) atoms. The molecule has 0 spiro atoms. The Morgan fingerprint density at radius 2 is 1.78 bits per heavy atom. The fourth-order valence-electron chi connectivity index (χ4n) is 2.16. The highest BCUT2D eigenvalue weighted by Gasteiger charge is 2.12. The zero-order valence-electron chi connectivity index (χ0n) is 13.5. The molecular formula is C18H20N4S. The van der Waals surface area contributed by atoms with Gasteiger partial charge in [-0.05, 0) is 19.1 Å². The number of anilines is 1. The minimum atomic E-state index is 0.461. The molecule has 2 aromatic heterocycles. The Bertz CT molecular complexity index is 835. The van der Waals surface area contributed by atoms with Crippen molar-refractivity contribution in [2.45, 2.75) is 20.8 Å². The van der Waals surface area contributed by atoms with Crippen LogP contribution in [0.2, 0.25) is 0 Å². The van der Waals surface area contributed by atoms with Crippen molar-refractivity contribution >= 4 is 38.1 Å². The molecule has 5 heteroatoms. The third-order valence-corrected chi connectivity index (χ3v) is 3.96. The van der Waals surface area contributed by atoms with Crippen molar-refractivity contribution in [1.82, 2.24) is 9.97 Å². The molecule has 0 aliphatic heterocycles. The van der Waals surface area contributed by atoms with Gasteiger partial charge in [-0.15, -0.1) is 0 Å². The van der Waals surface area contributed by atoms with Crippen LogP contribution in [0.3, 0.4) is 0 Å². The van der Waals surface area contributed by atoms with Crippen LogP contribution >= 0.6 is 11.3 Å². The third-order valence-electron chi connectivity index (χ3n) is 3.17. The van der Waals surface area contributed by atoms with Crippen molar-refractivity contribution in [3.05, 3.63) is 59.8 Å². The molecule has 3 N–H and O–H groups in total. The highest BCUT2D eigenvalue weighted by molar-refractivity contribution is 7.21. The van der Waals surface area contributed by atoms with Gasteiger partial charge in [0.05, 0.1) is 11.4 Å². The van der Waals surface area contributed by atoms with Crippen LogP contribution in [0.15, 0.2) is 48.5 Å². The summed E-state index contributed by atoms with van der Waals surface area (Å²) in [6.07, 6.45) is 1.91. The van der Waals surface area contributed by atoms with Gasteiger partial charge in [0.15, 0.2) is 5.13 Å². The first kappa shape index (κ1) is 16.8. The van der Waals surface area contributed by atoms with Gasteiger partial charge in [-0.3, -0.25) is 5.41 Å². The second kappa shape index (κ2) is 7.65. The average Bonchev–Trinajstić information content (AvgIpc) is 2.97. The normalized spacial score (nSPS) is 11.0. The van der Waals surface area contributed by atoms with Gasteiger partial charge in [-0.2, -0.15) is 0 Å². The van der Waals surface area contributed by atoms with Gasteiger partial charge in [0.2, 0.25) is 0 Å². The van der Waals surface area contributed by atoms with Crippen molar-refractivity contribution < 1.29 is 0 Å². The van der Waals surface area contributed by atoms with Crippen LogP contribution in [0.25, 0.3) is 15.9 Å². The summed E-state index contributed by atoms with van der Waals surface area (Å²) in [6.45, 7) is 5.92. The van der Waals surface area contributed by atoms with Gasteiger partial charge in [0.25, 0.3) is 0 Å². The standard InChI is InChI=1S/C16H14N4S.C2H6/c1-2-11(14(17)10-6-4-3-5-7-10)12-8-9-13-15(19-12)21-16(18)20-13;1-2/h2-9,17H,1H3,(H2,18,20);1-2H3/b11-2-,17-14?;. The lowest BCUT2D eigenvalue weighted by atomic mass is 9.99. The van der Waals surface area contributed by atoms with E-state index in [0.717, 1.165) is 27.2 Å². The third kappa shape index (κ3) is 3.63. The first-order valence-corrected chi connectivity index (χ1v) is 8.35.